The first kappa shape index (κ1) is 21.0. The summed E-state index contributed by atoms with van der Waals surface area (Å²) >= 11 is 0. The first-order chi connectivity index (χ1) is 16.1. The van der Waals surface area contributed by atoms with Crippen LogP contribution >= 0.6 is 0 Å². The topological polar surface area (TPSA) is 74.6 Å². The highest BCUT2D eigenvalue weighted by atomic mass is 19.1. The second-order valence-electron chi connectivity index (χ2n) is 8.26. The Morgan fingerprint density at radius 2 is 2.00 bits per heavy atom. The van der Waals surface area contributed by atoms with Gasteiger partial charge in [0.25, 0.3) is 0 Å². The Hall–Kier alpha value is -3.87. The molecule has 0 fully saturated rings. The van der Waals surface area contributed by atoms with E-state index < -0.39 is 6.04 Å². The molecule has 2 N–H and O–H groups in total. The summed E-state index contributed by atoms with van der Waals surface area (Å²) in [7, 11) is 0. The van der Waals surface area contributed by atoms with Gasteiger partial charge in [-0.05, 0) is 54.8 Å². The van der Waals surface area contributed by atoms with Crippen molar-refractivity contribution in [3.8, 4) is 0 Å². The van der Waals surface area contributed by atoms with Crippen LogP contribution in [0.4, 0.5) is 15.8 Å². The Balaban J connectivity index is 1.50. The minimum absolute atomic E-state index is 0.00341. The van der Waals surface area contributed by atoms with Crippen molar-refractivity contribution in [2.75, 3.05) is 16.8 Å². The summed E-state index contributed by atoms with van der Waals surface area (Å²) in [6.45, 7) is 0.214. The van der Waals surface area contributed by atoms with Crippen molar-refractivity contribution in [3.05, 3.63) is 95.3 Å². The van der Waals surface area contributed by atoms with Gasteiger partial charge in [-0.15, -0.1) is 0 Å². The van der Waals surface area contributed by atoms with E-state index in [0.29, 0.717) is 23.3 Å². The van der Waals surface area contributed by atoms with Gasteiger partial charge in [0.15, 0.2) is 5.78 Å². The smallest absolute Gasteiger partial charge is 0.239 e. The van der Waals surface area contributed by atoms with Crippen LogP contribution in [-0.2, 0) is 16.1 Å². The average molecular weight is 445 g/mol. The predicted octanol–water partition coefficient (Wildman–Crippen LogP) is 4.72. The molecule has 0 unspecified atom stereocenters. The Labute approximate surface area is 191 Å². The normalized spacial score (nSPS) is 17.7. The molecule has 1 atom stereocenters. The van der Waals surface area contributed by atoms with Crippen LogP contribution in [-0.4, -0.2) is 18.2 Å². The number of para-hydroxylation sites is 2. The molecular formula is C26H24FN3O3. The van der Waals surface area contributed by atoms with Gasteiger partial charge in [-0.2, -0.15) is 0 Å². The standard InChI is InChI=1S/C26H24FN3O3/c27-18-7-3-6-17(14-18)15-28-24(32)16-30-21-10-2-1-8-19(21)29-20-9-4-11-22(31)25(20)26(30)23-12-5-13-33-23/h1-3,5-8,10,12-14,26,29H,4,9,11,15-16H2,(H,28,32)/t26-/m1/s1. The molecule has 1 aliphatic carbocycles. The molecule has 7 heteroatoms. The van der Waals surface area contributed by atoms with Crippen LogP contribution in [0, 0.1) is 5.82 Å². The molecule has 1 aromatic heterocycles. The van der Waals surface area contributed by atoms with Crippen LogP contribution in [0.5, 0.6) is 0 Å². The molecular weight excluding hydrogens is 421 g/mol. The monoisotopic (exact) mass is 445 g/mol. The lowest BCUT2D eigenvalue weighted by atomic mass is 9.88. The van der Waals surface area contributed by atoms with Crippen LogP contribution in [0.15, 0.2) is 82.6 Å². The van der Waals surface area contributed by atoms with E-state index in [4.69, 9.17) is 4.42 Å². The third-order valence-corrected chi connectivity index (χ3v) is 6.05. The third kappa shape index (κ3) is 4.26. The number of rotatable bonds is 5. The number of halogens is 1. The summed E-state index contributed by atoms with van der Waals surface area (Å²) in [6.07, 6.45) is 3.58. The second kappa shape index (κ2) is 8.94. The van der Waals surface area contributed by atoms with E-state index >= 15 is 0 Å². The zero-order chi connectivity index (χ0) is 22.8. The molecule has 0 saturated heterocycles. The molecule has 2 aromatic carbocycles. The summed E-state index contributed by atoms with van der Waals surface area (Å²) in [5.74, 6) is 0.0812. The van der Waals surface area contributed by atoms with Crippen LogP contribution in [0.25, 0.3) is 0 Å². The number of allylic oxidation sites excluding steroid dienone is 1. The van der Waals surface area contributed by atoms with Gasteiger partial charge in [-0.1, -0.05) is 24.3 Å². The Kier molecular flexibility index (Phi) is 5.69. The molecule has 2 aliphatic rings. The number of nitrogens with one attached hydrogen (secondary N) is 2. The number of nitrogens with zero attached hydrogens (tertiary/aromatic N) is 1. The second-order valence-corrected chi connectivity index (χ2v) is 8.26. The minimum Gasteiger partial charge on any atom is -0.467 e. The van der Waals surface area contributed by atoms with Crippen molar-refractivity contribution >= 4 is 23.1 Å². The van der Waals surface area contributed by atoms with E-state index in [1.165, 1.54) is 12.1 Å². The Morgan fingerprint density at radius 3 is 2.82 bits per heavy atom. The number of fused-ring (bicyclic) bond motifs is 1. The predicted molar refractivity (Wildman–Crippen MR) is 123 cm³/mol. The van der Waals surface area contributed by atoms with E-state index in [9.17, 15) is 14.0 Å². The van der Waals surface area contributed by atoms with Crippen LogP contribution in [0.1, 0.15) is 36.6 Å². The number of hydrogen-bond acceptors (Lipinski definition) is 5. The van der Waals surface area contributed by atoms with Crippen molar-refractivity contribution in [2.45, 2.75) is 31.8 Å². The number of benzene rings is 2. The van der Waals surface area contributed by atoms with Gasteiger partial charge >= 0.3 is 0 Å². The average Bonchev–Trinajstić information content (AvgIpc) is 3.29. The van der Waals surface area contributed by atoms with Gasteiger partial charge < -0.3 is 20.0 Å². The first-order valence-corrected chi connectivity index (χ1v) is 11.0. The number of ketones is 1. The zero-order valence-electron chi connectivity index (χ0n) is 18.0. The minimum atomic E-state index is -0.529. The van der Waals surface area contributed by atoms with E-state index in [-0.39, 0.29) is 30.6 Å². The molecule has 0 spiro atoms. The van der Waals surface area contributed by atoms with Gasteiger partial charge in [0.1, 0.15) is 17.6 Å². The molecule has 33 heavy (non-hydrogen) atoms. The van der Waals surface area contributed by atoms with E-state index in [1.807, 2.05) is 35.2 Å². The molecule has 2 heterocycles. The van der Waals surface area contributed by atoms with Crippen molar-refractivity contribution in [2.24, 2.45) is 0 Å². The van der Waals surface area contributed by atoms with Crippen molar-refractivity contribution in [1.82, 2.24) is 5.32 Å². The molecule has 0 bridgehead atoms. The van der Waals surface area contributed by atoms with Crippen LogP contribution in [0.3, 0.4) is 0 Å². The number of anilines is 2. The molecule has 168 valence electrons. The Bertz CT molecular complexity index is 1220. The number of hydrogen-bond donors (Lipinski definition) is 2. The van der Waals surface area contributed by atoms with Crippen LogP contribution < -0.4 is 15.5 Å². The Morgan fingerprint density at radius 1 is 1.12 bits per heavy atom. The molecule has 0 saturated carbocycles. The molecule has 1 aliphatic heterocycles. The lowest BCUT2D eigenvalue weighted by Crippen LogP contribution is -2.41. The maximum absolute atomic E-state index is 13.5. The summed E-state index contributed by atoms with van der Waals surface area (Å²) in [4.78, 5) is 28.1. The van der Waals surface area contributed by atoms with E-state index in [0.717, 1.165) is 29.9 Å². The number of furan rings is 1. The van der Waals surface area contributed by atoms with E-state index in [1.54, 1.807) is 24.5 Å². The summed E-state index contributed by atoms with van der Waals surface area (Å²) in [6, 6.07) is 16.9. The molecule has 5 rings (SSSR count). The quantitative estimate of drug-likeness (QED) is 0.595. The van der Waals surface area contributed by atoms with Gasteiger partial charge in [-0.25, -0.2) is 4.39 Å². The van der Waals surface area contributed by atoms with Gasteiger partial charge in [-0.3, -0.25) is 9.59 Å². The fraction of sp³-hybridized carbons (Fsp3) is 0.231. The lowest BCUT2D eigenvalue weighted by molar-refractivity contribution is -0.120. The molecule has 1 amide bonds. The number of Topliss-reactive ketones (excluding diaryl/α,β-unsaturated/α-hetero) is 1. The highest BCUT2D eigenvalue weighted by Crippen LogP contribution is 2.44. The maximum atomic E-state index is 13.5. The van der Waals surface area contributed by atoms with Gasteiger partial charge in [0.05, 0.1) is 24.2 Å². The largest absolute Gasteiger partial charge is 0.467 e. The molecule has 0 radical (unpaired) electrons. The first-order valence-electron chi connectivity index (χ1n) is 11.0. The molecule has 6 nitrogen and oxygen atoms in total. The third-order valence-electron chi connectivity index (χ3n) is 6.05. The zero-order valence-corrected chi connectivity index (χ0v) is 18.0. The summed E-state index contributed by atoms with van der Waals surface area (Å²) in [5, 5.41) is 6.33. The summed E-state index contributed by atoms with van der Waals surface area (Å²) < 4.78 is 19.3. The SMILES string of the molecule is O=C(CN1c2ccccc2NC2=C(C(=O)CCC2)[C@H]1c1ccco1)NCc1cccc(F)c1. The number of carbonyl (C=O) groups is 2. The highest BCUT2D eigenvalue weighted by Gasteiger charge is 2.38. The van der Waals surface area contributed by atoms with Crippen LogP contribution in [0.2, 0.25) is 0 Å². The van der Waals surface area contributed by atoms with Gasteiger partial charge in [0, 0.05) is 24.2 Å². The fourth-order valence-electron chi connectivity index (χ4n) is 4.58. The molecule has 3 aromatic rings. The lowest BCUT2D eigenvalue weighted by Gasteiger charge is -2.33. The number of carbonyl (C=O) groups excluding carboxylic acids is 2. The fourth-order valence-corrected chi connectivity index (χ4v) is 4.58. The highest BCUT2D eigenvalue weighted by molar-refractivity contribution is 6.01. The van der Waals surface area contributed by atoms with E-state index in [2.05, 4.69) is 10.6 Å². The van der Waals surface area contributed by atoms with Crippen molar-refractivity contribution in [1.29, 1.82) is 0 Å². The van der Waals surface area contributed by atoms with Crippen molar-refractivity contribution in [3.63, 3.8) is 0 Å². The van der Waals surface area contributed by atoms with Crippen molar-refractivity contribution < 1.29 is 18.4 Å². The number of amides is 1. The maximum Gasteiger partial charge on any atom is 0.239 e. The van der Waals surface area contributed by atoms with Gasteiger partial charge in [0.2, 0.25) is 5.91 Å². The summed E-state index contributed by atoms with van der Waals surface area (Å²) in [5.41, 5.74) is 3.85.